The van der Waals surface area contributed by atoms with Gasteiger partial charge in [0.15, 0.2) is 23.7 Å². The van der Waals surface area contributed by atoms with E-state index in [0.29, 0.717) is 4.34 Å². The molecule has 3 saturated carbocycles. The van der Waals surface area contributed by atoms with Gasteiger partial charge in [0.2, 0.25) is 5.12 Å². The van der Waals surface area contributed by atoms with E-state index in [2.05, 4.69) is 11.8 Å². The SMILES string of the molecule is CC(C)C(=O)OCC#CCSC(=O)[C@@]1(OOC(=O)c2ccc(Cl)s2)[C@H](C)C[C@H]2[C@@H]3C[C@H](F)C4=CC(=O)C=C[C@]4(C)[C@@]3(F)[C@@H](O)C[C@@]21C. The third-order valence-electron chi connectivity index (χ3n) is 10.7. The molecular weight excluding hydrogens is 674 g/mol. The zero-order chi connectivity index (χ0) is 34.5. The molecule has 0 amide bonds. The summed E-state index contributed by atoms with van der Waals surface area (Å²) < 4.78 is 39.0. The highest BCUT2D eigenvalue weighted by atomic mass is 35.5. The van der Waals surface area contributed by atoms with E-state index in [4.69, 9.17) is 26.1 Å². The quantitative estimate of drug-likeness (QED) is 0.152. The number of allylic oxidation sites excluding steroid dienone is 4. The fourth-order valence-corrected chi connectivity index (χ4v) is 10.2. The smallest absolute Gasteiger partial charge is 0.383 e. The molecule has 3 fully saturated rings. The van der Waals surface area contributed by atoms with Gasteiger partial charge in [0.25, 0.3) is 0 Å². The molecule has 1 aromatic rings. The minimum Gasteiger partial charge on any atom is -0.452 e. The third-order valence-corrected chi connectivity index (χ3v) is 12.7. The van der Waals surface area contributed by atoms with Crippen molar-refractivity contribution in [2.45, 2.75) is 77.4 Å². The summed E-state index contributed by atoms with van der Waals surface area (Å²) in [7, 11) is 0. The molecule has 254 valence electrons. The Balaban J connectivity index is 1.49. The lowest BCUT2D eigenvalue weighted by Crippen LogP contribution is -2.70. The molecular formula is C34H37ClF2O8S2. The maximum Gasteiger partial charge on any atom is 0.383 e. The molecule has 9 atom stereocenters. The number of ether oxygens (including phenoxy) is 1. The standard InChI is InChI=1S/C34H37ClF2O8S2/c1-18(2)28(40)43-12-6-7-13-46-30(42)34(45-44-29(41)25-8-9-27(35)47-25)19(3)14-21-22-16-24(36)23-15-20(38)10-11-31(23,4)33(22,37)26(39)17-32(21,34)5/h8-11,15,18-19,21-22,24,26,39H,12-14,16-17H2,1-5H3/t19-,21+,22+,24+,26+,31+,32+,33+,34+/m1/s1. The van der Waals surface area contributed by atoms with E-state index in [9.17, 15) is 24.3 Å². The van der Waals surface area contributed by atoms with Crippen LogP contribution in [0, 0.1) is 46.3 Å². The monoisotopic (exact) mass is 710 g/mol. The first-order valence-corrected chi connectivity index (χ1v) is 17.6. The maximum absolute atomic E-state index is 17.7. The average molecular weight is 711 g/mol. The van der Waals surface area contributed by atoms with Gasteiger partial charge < -0.3 is 9.84 Å². The number of carbonyl (C=O) groups is 4. The van der Waals surface area contributed by atoms with Gasteiger partial charge in [-0.05, 0) is 67.9 Å². The number of thiophene rings is 1. The second-order valence-electron chi connectivity index (χ2n) is 13.5. The number of hydrogen-bond donors (Lipinski definition) is 1. The van der Waals surface area contributed by atoms with Crippen molar-refractivity contribution in [2.24, 2.45) is 34.5 Å². The Kier molecular flexibility index (Phi) is 9.92. The van der Waals surface area contributed by atoms with Crippen LogP contribution in [0.5, 0.6) is 0 Å². The number of ketones is 1. The van der Waals surface area contributed by atoms with Crippen LogP contribution in [0.1, 0.15) is 63.6 Å². The van der Waals surface area contributed by atoms with E-state index in [0.717, 1.165) is 29.2 Å². The van der Waals surface area contributed by atoms with Gasteiger partial charge in [-0.3, -0.25) is 19.3 Å². The number of alkyl halides is 2. The molecule has 0 bridgehead atoms. The minimum absolute atomic E-state index is 0.00668. The second kappa shape index (κ2) is 13.0. The first kappa shape index (κ1) is 35.7. The fraction of sp³-hybridized carbons (Fsp3) is 0.588. The number of halogens is 3. The van der Waals surface area contributed by atoms with Crippen molar-refractivity contribution in [1.29, 1.82) is 0 Å². The molecule has 13 heteroatoms. The van der Waals surface area contributed by atoms with Crippen molar-refractivity contribution >= 4 is 57.5 Å². The summed E-state index contributed by atoms with van der Waals surface area (Å²) in [4.78, 5) is 62.7. The number of carbonyl (C=O) groups excluding carboxylic acids is 4. The lowest BCUT2D eigenvalue weighted by molar-refractivity contribution is -0.345. The van der Waals surface area contributed by atoms with Crippen molar-refractivity contribution in [1.82, 2.24) is 0 Å². The number of aliphatic hydroxyl groups is 1. The van der Waals surface area contributed by atoms with E-state index in [1.54, 1.807) is 27.7 Å². The van der Waals surface area contributed by atoms with Gasteiger partial charge in [0, 0.05) is 16.7 Å². The fourth-order valence-electron chi connectivity index (χ4n) is 8.32. The van der Waals surface area contributed by atoms with Gasteiger partial charge in [-0.15, -0.1) is 11.3 Å². The van der Waals surface area contributed by atoms with Gasteiger partial charge >= 0.3 is 11.9 Å². The second-order valence-corrected chi connectivity index (χ2v) is 16.1. The molecule has 0 saturated heterocycles. The molecule has 8 nitrogen and oxygen atoms in total. The molecule has 4 aliphatic carbocycles. The molecule has 0 spiro atoms. The molecule has 1 aromatic heterocycles. The molecule has 4 aliphatic rings. The van der Waals surface area contributed by atoms with Crippen molar-refractivity contribution in [3.63, 3.8) is 0 Å². The number of fused-ring (bicyclic) bond motifs is 5. The van der Waals surface area contributed by atoms with E-state index < -0.39 is 75.0 Å². The van der Waals surface area contributed by atoms with E-state index in [1.807, 2.05) is 0 Å². The predicted molar refractivity (Wildman–Crippen MR) is 173 cm³/mol. The average Bonchev–Trinajstić information content (AvgIpc) is 3.54. The lowest BCUT2D eigenvalue weighted by Gasteiger charge is -2.63. The summed E-state index contributed by atoms with van der Waals surface area (Å²) in [6.07, 6.45) is -0.0625. The number of rotatable bonds is 7. The molecule has 0 aromatic carbocycles. The van der Waals surface area contributed by atoms with Gasteiger partial charge in [0.1, 0.15) is 11.0 Å². The number of thioether (sulfide) groups is 1. The summed E-state index contributed by atoms with van der Waals surface area (Å²) in [5.74, 6) is 0.975. The van der Waals surface area contributed by atoms with Crippen molar-refractivity contribution in [2.75, 3.05) is 12.4 Å². The van der Waals surface area contributed by atoms with Crippen molar-refractivity contribution < 1.29 is 47.6 Å². The Morgan fingerprint density at radius 1 is 1.19 bits per heavy atom. The van der Waals surface area contributed by atoms with Crippen LogP contribution >= 0.6 is 34.7 Å². The largest absolute Gasteiger partial charge is 0.452 e. The van der Waals surface area contributed by atoms with Crippen LogP contribution < -0.4 is 0 Å². The predicted octanol–water partition coefficient (Wildman–Crippen LogP) is 6.26. The molecule has 0 unspecified atom stereocenters. The maximum atomic E-state index is 17.7. The topological polar surface area (TPSA) is 116 Å². The van der Waals surface area contributed by atoms with Crippen LogP contribution in [0.4, 0.5) is 8.78 Å². The zero-order valence-electron chi connectivity index (χ0n) is 26.6. The van der Waals surface area contributed by atoms with Crippen molar-refractivity contribution in [3.05, 3.63) is 45.1 Å². The van der Waals surface area contributed by atoms with Crippen LogP contribution in [0.2, 0.25) is 4.34 Å². The van der Waals surface area contributed by atoms with Crippen LogP contribution in [-0.2, 0) is 28.9 Å². The Morgan fingerprint density at radius 3 is 2.57 bits per heavy atom. The van der Waals surface area contributed by atoms with Gasteiger partial charge in [-0.25, -0.2) is 13.6 Å². The Labute approximate surface area is 285 Å². The molecule has 47 heavy (non-hydrogen) atoms. The highest BCUT2D eigenvalue weighted by Gasteiger charge is 2.78. The summed E-state index contributed by atoms with van der Waals surface area (Å²) in [6.45, 7) is 8.15. The van der Waals surface area contributed by atoms with Crippen LogP contribution in [-0.4, -0.2) is 63.8 Å². The van der Waals surface area contributed by atoms with Gasteiger partial charge in [-0.1, -0.05) is 69.0 Å². The number of aliphatic hydroxyl groups excluding tert-OH is 1. The Bertz CT molecular complexity index is 1600. The zero-order valence-corrected chi connectivity index (χ0v) is 29.0. The van der Waals surface area contributed by atoms with E-state index in [1.165, 1.54) is 31.2 Å². The number of esters is 1. The highest BCUT2D eigenvalue weighted by Crippen LogP contribution is 2.72. The number of hydrogen-bond acceptors (Lipinski definition) is 10. The van der Waals surface area contributed by atoms with Crippen molar-refractivity contribution in [3.8, 4) is 11.8 Å². The molecule has 0 aliphatic heterocycles. The summed E-state index contributed by atoms with van der Waals surface area (Å²) in [6, 6.07) is 2.96. The first-order valence-electron chi connectivity index (χ1n) is 15.4. The lowest BCUT2D eigenvalue weighted by atomic mass is 9.44. The molecule has 5 rings (SSSR count). The molecule has 1 N–H and O–H groups in total. The third kappa shape index (κ3) is 5.70. The Morgan fingerprint density at radius 2 is 1.91 bits per heavy atom. The van der Waals surface area contributed by atoms with Crippen LogP contribution in [0.15, 0.2) is 35.9 Å². The molecule has 0 radical (unpaired) electrons. The van der Waals surface area contributed by atoms with Crippen LogP contribution in [0.25, 0.3) is 0 Å². The highest BCUT2D eigenvalue weighted by molar-refractivity contribution is 8.14. The Hall–Kier alpha value is -2.56. The van der Waals surface area contributed by atoms with Crippen LogP contribution in [0.3, 0.4) is 0 Å². The van der Waals surface area contributed by atoms with E-state index >= 15 is 8.78 Å². The van der Waals surface area contributed by atoms with Gasteiger partial charge in [-0.2, -0.15) is 4.89 Å². The minimum atomic E-state index is -2.36. The summed E-state index contributed by atoms with van der Waals surface area (Å²) in [5, 5.41) is 11.2. The molecule has 1 heterocycles. The van der Waals surface area contributed by atoms with Gasteiger partial charge in [0.05, 0.1) is 22.1 Å². The summed E-state index contributed by atoms with van der Waals surface area (Å²) in [5.41, 5.74) is -7.17. The first-order chi connectivity index (χ1) is 22.0. The normalized spacial score (nSPS) is 37.2. The van der Waals surface area contributed by atoms with E-state index in [-0.39, 0.29) is 48.0 Å². The summed E-state index contributed by atoms with van der Waals surface area (Å²) >= 11 is 7.75.